The minimum atomic E-state index is -1.42. The van der Waals surface area contributed by atoms with E-state index in [2.05, 4.69) is 0 Å². The van der Waals surface area contributed by atoms with Gasteiger partial charge in [0, 0.05) is 12.1 Å². The molecule has 0 aromatic heterocycles. The lowest BCUT2D eigenvalue weighted by atomic mass is 10.1. The van der Waals surface area contributed by atoms with Gasteiger partial charge in [-0.1, -0.05) is 0 Å². The Bertz CT molecular complexity index is 453. The van der Waals surface area contributed by atoms with Crippen molar-refractivity contribution in [1.82, 2.24) is 0 Å². The van der Waals surface area contributed by atoms with Crippen LogP contribution < -0.4 is 0 Å². The maximum Gasteiger partial charge on any atom is 0.335 e. The third-order valence-electron chi connectivity index (χ3n) is 1.62. The molecule has 0 saturated heterocycles. The van der Waals surface area contributed by atoms with Crippen LogP contribution in [0.25, 0.3) is 0 Å². The minimum absolute atomic E-state index is 0.167. The van der Waals surface area contributed by atoms with Crippen molar-refractivity contribution in [2.24, 2.45) is 0 Å². The summed E-state index contributed by atoms with van der Waals surface area (Å²) in [4.78, 5) is 40.0. The number of rotatable bonds is 3. The molecule has 0 aliphatic carbocycles. The first-order valence-corrected chi connectivity index (χ1v) is 4.88. The number of carbonyl (C=O) groups is 3. The second kappa shape index (κ2) is 6.84. The van der Waals surface area contributed by atoms with Gasteiger partial charge >= 0.3 is 11.9 Å². The van der Waals surface area contributed by atoms with E-state index >= 15 is 0 Å². The van der Waals surface area contributed by atoms with Crippen molar-refractivity contribution < 1.29 is 29.5 Å². The van der Waals surface area contributed by atoms with Gasteiger partial charge in [0.1, 0.15) is 5.78 Å². The molecule has 19 heavy (non-hydrogen) atoms. The van der Waals surface area contributed by atoms with Gasteiger partial charge in [-0.25, -0.2) is 9.59 Å². The Labute approximate surface area is 107 Å². The highest BCUT2D eigenvalue weighted by Crippen LogP contribution is 2.17. The predicted octanol–water partition coefficient (Wildman–Crippen LogP) is 1.59. The fourth-order valence-electron chi connectivity index (χ4n) is 0.964. The van der Waals surface area contributed by atoms with E-state index in [4.69, 9.17) is 10.2 Å². The van der Waals surface area contributed by atoms with Crippen LogP contribution in [0.1, 0.15) is 34.6 Å². The largest absolute Gasteiger partial charge is 0.478 e. The molecule has 102 valence electrons. The molecule has 8 nitrogen and oxygen atoms in total. The summed E-state index contributed by atoms with van der Waals surface area (Å²) in [5, 5.41) is 27.5. The number of aromatic carboxylic acids is 2. The maximum atomic E-state index is 10.5. The molecule has 0 aliphatic rings. The number of nitro benzene ring substituents is 1. The molecule has 0 saturated carbocycles. The van der Waals surface area contributed by atoms with Gasteiger partial charge in [0.25, 0.3) is 5.69 Å². The maximum absolute atomic E-state index is 10.5. The van der Waals surface area contributed by atoms with E-state index < -0.39 is 33.7 Å². The normalized spacial score (nSPS) is 8.95. The number of carboxylic acids is 2. The first-order chi connectivity index (χ1) is 8.65. The van der Waals surface area contributed by atoms with Crippen molar-refractivity contribution in [3.05, 3.63) is 39.4 Å². The second-order valence-electron chi connectivity index (χ2n) is 3.54. The predicted molar refractivity (Wildman–Crippen MR) is 63.4 cm³/mol. The van der Waals surface area contributed by atoms with Crippen molar-refractivity contribution in [3.8, 4) is 0 Å². The molecule has 0 unspecified atom stereocenters. The summed E-state index contributed by atoms with van der Waals surface area (Å²) in [6.45, 7) is 3.06. The molecule has 0 radical (unpaired) electrons. The van der Waals surface area contributed by atoms with Gasteiger partial charge in [0.2, 0.25) is 0 Å². The highest BCUT2D eigenvalue weighted by Gasteiger charge is 2.16. The van der Waals surface area contributed by atoms with Crippen molar-refractivity contribution >= 4 is 23.4 Å². The molecule has 0 fully saturated rings. The highest BCUT2D eigenvalue weighted by molar-refractivity contribution is 5.94. The van der Waals surface area contributed by atoms with Crippen LogP contribution in [0.2, 0.25) is 0 Å². The van der Waals surface area contributed by atoms with Gasteiger partial charge in [0.15, 0.2) is 0 Å². The van der Waals surface area contributed by atoms with Crippen LogP contribution in [0, 0.1) is 10.1 Å². The summed E-state index contributed by atoms with van der Waals surface area (Å²) in [6.07, 6.45) is 0. The van der Waals surface area contributed by atoms with E-state index in [-0.39, 0.29) is 5.78 Å². The minimum Gasteiger partial charge on any atom is -0.478 e. The molecule has 1 rings (SSSR count). The first-order valence-electron chi connectivity index (χ1n) is 4.88. The van der Waals surface area contributed by atoms with Gasteiger partial charge in [-0.15, -0.1) is 0 Å². The molecule has 0 heterocycles. The molecule has 0 amide bonds. The van der Waals surface area contributed by atoms with Crippen LogP contribution in [0.5, 0.6) is 0 Å². The van der Waals surface area contributed by atoms with Crippen LogP contribution in [0.15, 0.2) is 18.2 Å². The van der Waals surface area contributed by atoms with E-state index in [0.717, 1.165) is 18.2 Å². The molecule has 1 aromatic rings. The Hall–Kier alpha value is -2.77. The average Bonchev–Trinajstić information content (AvgIpc) is 2.27. The lowest BCUT2D eigenvalue weighted by Gasteiger charge is -1.98. The summed E-state index contributed by atoms with van der Waals surface area (Å²) in [5.41, 5.74) is -1.42. The molecule has 1 aromatic carbocycles. The number of benzene rings is 1. The lowest BCUT2D eigenvalue weighted by molar-refractivity contribution is -0.384. The van der Waals surface area contributed by atoms with Crippen LogP contribution in [-0.4, -0.2) is 32.9 Å². The zero-order valence-electron chi connectivity index (χ0n) is 10.1. The number of hydrogen-bond acceptors (Lipinski definition) is 5. The summed E-state index contributed by atoms with van der Waals surface area (Å²) in [5.74, 6) is -2.66. The van der Waals surface area contributed by atoms with E-state index in [1.54, 1.807) is 0 Å². The molecule has 0 aliphatic heterocycles. The average molecular weight is 269 g/mol. The van der Waals surface area contributed by atoms with Crippen molar-refractivity contribution in [3.63, 3.8) is 0 Å². The van der Waals surface area contributed by atoms with Gasteiger partial charge in [0.05, 0.1) is 16.1 Å². The number of ketones is 1. The van der Waals surface area contributed by atoms with Crippen molar-refractivity contribution in [2.45, 2.75) is 13.8 Å². The van der Waals surface area contributed by atoms with Gasteiger partial charge in [-0.05, 0) is 19.9 Å². The first kappa shape index (κ1) is 16.2. The summed E-state index contributed by atoms with van der Waals surface area (Å²) in [6, 6.07) is 2.46. The number of carbonyl (C=O) groups excluding carboxylic acids is 1. The lowest BCUT2D eigenvalue weighted by Crippen LogP contribution is -2.04. The molecule has 8 heteroatoms. The number of nitrogens with zero attached hydrogens (tertiary/aromatic N) is 1. The van der Waals surface area contributed by atoms with E-state index in [1.165, 1.54) is 13.8 Å². The molecule has 0 bridgehead atoms. The smallest absolute Gasteiger partial charge is 0.335 e. The Balaban J connectivity index is 0.000000711. The standard InChI is InChI=1S/C8H5NO6.C3H6O/c10-7(11)4-1-5(8(12)13)3-6(2-4)9(14)15;1-3(2)4/h1-3H,(H,10,11)(H,12,13);1-2H3. The van der Waals surface area contributed by atoms with Crippen LogP contribution in [-0.2, 0) is 4.79 Å². The fraction of sp³-hybridized carbons (Fsp3) is 0.182. The third-order valence-corrected chi connectivity index (χ3v) is 1.62. The molecular weight excluding hydrogens is 258 g/mol. The zero-order chi connectivity index (χ0) is 15.2. The van der Waals surface area contributed by atoms with E-state index in [1.807, 2.05) is 0 Å². The van der Waals surface area contributed by atoms with Gasteiger partial charge < -0.3 is 15.0 Å². The van der Waals surface area contributed by atoms with Gasteiger partial charge in [-0.3, -0.25) is 10.1 Å². The summed E-state index contributed by atoms with van der Waals surface area (Å²) < 4.78 is 0. The Kier molecular flexibility index (Phi) is 5.84. The second-order valence-corrected chi connectivity index (χ2v) is 3.54. The fourth-order valence-corrected chi connectivity index (χ4v) is 0.964. The van der Waals surface area contributed by atoms with Crippen molar-refractivity contribution in [1.29, 1.82) is 0 Å². The van der Waals surface area contributed by atoms with E-state index in [0.29, 0.717) is 0 Å². The Morgan fingerprint density at radius 3 is 1.53 bits per heavy atom. The zero-order valence-corrected chi connectivity index (χ0v) is 10.1. The van der Waals surface area contributed by atoms with Gasteiger partial charge in [-0.2, -0.15) is 0 Å². The van der Waals surface area contributed by atoms with Crippen LogP contribution in [0.3, 0.4) is 0 Å². The monoisotopic (exact) mass is 269 g/mol. The van der Waals surface area contributed by atoms with Crippen molar-refractivity contribution in [2.75, 3.05) is 0 Å². The topological polar surface area (TPSA) is 135 Å². The molecule has 2 N–H and O–H groups in total. The highest BCUT2D eigenvalue weighted by atomic mass is 16.6. The SMILES string of the molecule is CC(C)=O.O=C(O)c1cc(C(=O)O)cc([N+](=O)[O-])c1. The molecule has 0 spiro atoms. The number of carboxylic acid groups (broad SMARTS) is 2. The number of non-ortho nitro benzene ring substituents is 1. The van der Waals surface area contributed by atoms with E-state index in [9.17, 15) is 24.5 Å². The van der Waals surface area contributed by atoms with Crippen LogP contribution in [0.4, 0.5) is 5.69 Å². The summed E-state index contributed by atoms with van der Waals surface area (Å²) in [7, 11) is 0. The molecular formula is C11H11NO7. The summed E-state index contributed by atoms with van der Waals surface area (Å²) >= 11 is 0. The number of hydrogen-bond donors (Lipinski definition) is 2. The Morgan fingerprint density at radius 2 is 1.32 bits per heavy atom. The van der Waals surface area contributed by atoms with Crippen LogP contribution >= 0.6 is 0 Å². The quantitative estimate of drug-likeness (QED) is 0.628. The number of Topliss-reactive ketones (excluding diaryl/α,β-unsaturated/α-hetero) is 1. The molecule has 0 atom stereocenters. The number of nitro groups is 1. The Morgan fingerprint density at radius 1 is 1.00 bits per heavy atom. The third kappa shape index (κ3) is 5.91.